The van der Waals surface area contributed by atoms with E-state index in [2.05, 4.69) is 11.8 Å². The molecule has 0 saturated carbocycles. The number of amides is 1. The molecule has 19 heavy (non-hydrogen) atoms. The molecule has 1 aromatic carbocycles. The molecule has 0 spiro atoms. The van der Waals surface area contributed by atoms with E-state index in [9.17, 15) is 9.90 Å². The minimum atomic E-state index is -0.417. The Labute approximate surface area is 113 Å². The average molecular weight is 258 g/mol. The molecular formula is C15H18N2O2. The molecule has 1 saturated heterocycles. The summed E-state index contributed by atoms with van der Waals surface area (Å²) in [5.74, 6) is 5.62. The molecule has 1 aromatic rings. The molecule has 100 valence electrons. The smallest absolute Gasteiger partial charge is 0.255 e. The summed E-state index contributed by atoms with van der Waals surface area (Å²) in [6.07, 6.45) is 1.18. The van der Waals surface area contributed by atoms with E-state index in [0.717, 1.165) is 12.8 Å². The van der Waals surface area contributed by atoms with Crippen molar-refractivity contribution >= 4 is 5.91 Å². The summed E-state index contributed by atoms with van der Waals surface area (Å²) in [5, 5.41) is 9.65. The van der Waals surface area contributed by atoms with E-state index in [4.69, 9.17) is 5.73 Å². The van der Waals surface area contributed by atoms with Gasteiger partial charge in [0.05, 0.1) is 18.2 Å². The minimum Gasteiger partial charge on any atom is -0.391 e. The number of hydrogen-bond acceptors (Lipinski definition) is 3. The number of carbonyl (C=O) groups is 1. The second-order valence-electron chi connectivity index (χ2n) is 4.60. The first-order valence-electron chi connectivity index (χ1n) is 6.47. The maximum absolute atomic E-state index is 12.4. The zero-order valence-corrected chi connectivity index (χ0v) is 10.8. The molecule has 0 bridgehead atoms. The van der Waals surface area contributed by atoms with Crippen LogP contribution in [-0.4, -0.2) is 41.7 Å². The van der Waals surface area contributed by atoms with Crippen LogP contribution in [0.4, 0.5) is 0 Å². The van der Waals surface area contributed by atoms with Gasteiger partial charge in [-0.25, -0.2) is 0 Å². The number of rotatable bonds is 1. The average Bonchev–Trinajstić information content (AvgIpc) is 2.44. The molecule has 1 unspecified atom stereocenters. The number of aliphatic hydroxyl groups excluding tert-OH is 1. The third kappa shape index (κ3) is 3.34. The zero-order valence-electron chi connectivity index (χ0n) is 10.8. The summed E-state index contributed by atoms with van der Waals surface area (Å²) in [4.78, 5) is 14.1. The van der Waals surface area contributed by atoms with Crippen LogP contribution in [0, 0.1) is 11.8 Å². The summed E-state index contributed by atoms with van der Waals surface area (Å²) in [6, 6.07) is 7.25. The number of carbonyl (C=O) groups excluding carboxylic acids is 1. The lowest BCUT2D eigenvalue weighted by Crippen LogP contribution is -2.42. The van der Waals surface area contributed by atoms with Crippen molar-refractivity contribution in [3.63, 3.8) is 0 Å². The van der Waals surface area contributed by atoms with Crippen LogP contribution in [0.25, 0.3) is 0 Å². The second-order valence-corrected chi connectivity index (χ2v) is 4.60. The van der Waals surface area contributed by atoms with Crippen molar-refractivity contribution in [1.29, 1.82) is 0 Å². The molecule has 2 rings (SSSR count). The van der Waals surface area contributed by atoms with E-state index in [-0.39, 0.29) is 12.5 Å². The number of aliphatic hydroxyl groups is 1. The fraction of sp³-hybridized carbons (Fsp3) is 0.400. The standard InChI is InChI=1S/C15H18N2O2/c16-9-3-6-12-5-1-2-8-14(12)15(19)17-10-4-7-13(18)11-17/h1-2,5,8,13,18H,4,7,9-11,16H2. The van der Waals surface area contributed by atoms with Gasteiger partial charge in [-0.05, 0) is 25.0 Å². The maximum atomic E-state index is 12.4. The highest BCUT2D eigenvalue weighted by Gasteiger charge is 2.24. The van der Waals surface area contributed by atoms with Crippen molar-refractivity contribution < 1.29 is 9.90 Å². The maximum Gasteiger partial charge on any atom is 0.255 e. The summed E-state index contributed by atoms with van der Waals surface area (Å²) in [5.41, 5.74) is 6.64. The number of nitrogens with zero attached hydrogens (tertiary/aromatic N) is 1. The molecule has 1 heterocycles. The highest BCUT2D eigenvalue weighted by Crippen LogP contribution is 2.16. The summed E-state index contributed by atoms with van der Waals surface area (Å²) in [7, 11) is 0. The van der Waals surface area contributed by atoms with Crippen LogP contribution in [0.3, 0.4) is 0 Å². The van der Waals surface area contributed by atoms with Gasteiger partial charge in [-0.3, -0.25) is 4.79 Å². The van der Waals surface area contributed by atoms with Crippen LogP contribution >= 0.6 is 0 Å². The summed E-state index contributed by atoms with van der Waals surface area (Å²) >= 11 is 0. The van der Waals surface area contributed by atoms with Crippen molar-refractivity contribution in [3.05, 3.63) is 35.4 Å². The van der Waals surface area contributed by atoms with Crippen LogP contribution in [0.5, 0.6) is 0 Å². The van der Waals surface area contributed by atoms with E-state index >= 15 is 0 Å². The number of benzene rings is 1. The number of likely N-dealkylation sites (tertiary alicyclic amines) is 1. The summed E-state index contributed by atoms with van der Waals surface area (Å²) in [6.45, 7) is 1.36. The molecule has 1 aliphatic heterocycles. The van der Waals surface area contributed by atoms with Crippen molar-refractivity contribution in [1.82, 2.24) is 4.90 Å². The first-order chi connectivity index (χ1) is 9.22. The highest BCUT2D eigenvalue weighted by atomic mass is 16.3. The van der Waals surface area contributed by atoms with Crippen LogP contribution in [0.15, 0.2) is 24.3 Å². The van der Waals surface area contributed by atoms with Gasteiger partial charge in [-0.15, -0.1) is 0 Å². The largest absolute Gasteiger partial charge is 0.391 e. The van der Waals surface area contributed by atoms with Gasteiger partial charge in [0, 0.05) is 18.7 Å². The lowest BCUT2D eigenvalue weighted by Gasteiger charge is -2.30. The lowest BCUT2D eigenvalue weighted by molar-refractivity contribution is 0.0473. The van der Waals surface area contributed by atoms with Crippen LogP contribution in [0.2, 0.25) is 0 Å². The second kappa shape index (κ2) is 6.37. The minimum absolute atomic E-state index is 0.0688. The Balaban J connectivity index is 2.23. The first kappa shape index (κ1) is 13.6. The predicted octanol–water partition coefficient (Wildman–Crippen LogP) is 0.594. The molecule has 0 radical (unpaired) electrons. The monoisotopic (exact) mass is 258 g/mol. The van der Waals surface area contributed by atoms with Crippen LogP contribution in [0.1, 0.15) is 28.8 Å². The normalized spacial score (nSPS) is 18.6. The van der Waals surface area contributed by atoms with Gasteiger partial charge < -0.3 is 15.7 Å². The fourth-order valence-electron chi connectivity index (χ4n) is 2.23. The molecule has 1 atom stereocenters. The quantitative estimate of drug-likeness (QED) is 0.725. The summed E-state index contributed by atoms with van der Waals surface area (Å²) < 4.78 is 0. The van der Waals surface area contributed by atoms with Gasteiger partial charge in [0.1, 0.15) is 0 Å². The van der Waals surface area contributed by atoms with E-state index in [0.29, 0.717) is 24.2 Å². The Bertz CT molecular complexity index is 516. The van der Waals surface area contributed by atoms with Crippen molar-refractivity contribution in [3.8, 4) is 11.8 Å². The molecular weight excluding hydrogens is 240 g/mol. The Morgan fingerprint density at radius 2 is 2.26 bits per heavy atom. The predicted molar refractivity (Wildman–Crippen MR) is 73.5 cm³/mol. The van der Waals surface area contributed by atoms with Crippen LogP contribution < -0.4 is 5.73 Å². The molecule has 0 aliphatic carbocycles. The van der Waals surface area contributed by atoms with Crippen molar-refractivity contribution in [2.45, 2.75) is 18.9 Å². The Morgan fingerprint density at radius 1 is 1.47 bits per heavy atom. The number of piperidine rings is 1. The topological polar surface area (TPSA) is 66.6 Å². The number of nitrogens with two attached hydrogens (primary N) is 1. The molecule has 0 aromatic heterocycles. The van der Waals surface area contributed by atoms with Gasteiger partial charge in [-0.2, -0.15) is 0 Å². The van der Waals surface area contributed by atoms with E-state index in [1.54, 1.807) is 11.0 Å². The molecule has 1 aliphatic rings. The molecule has 1 fully saturated rings. The lowest BCUT2D eigenvalue weighted by atomic mass is 10.0. The SMILES string of the molecule is NCC#Cc1ccccc1C(=O)N1CCCC(O)C1. The van der Waals surface area contributed by atoms with Gasteiger partial charge in [0.25, 0.3) is 5.91 Å². The van der Waals surface area contributed by atoms with E-state index in [1.165, 1.54) is 0 Å². The van der Waals surface area contributed by atoms with Gasteiger partial charge in [0.15, 0.2) is 0 Å². The van der Waals surface area contributed by atoms with Gasteiger partial charge in [-0.1, -0.05) is 24.0 Å². The van der Waals surface area contributed by atoms with E-state index in [1.807, 2.05) is 18.2 Å². The fourth-order valence-corrected chi connectivity index (χ4v) is 2.23. The highest BCUT2D eigenvalue weighted by molar-refractivity contribution is 5.96. The first-order valence-corrected chi connectivity index (χ1v) is 6.47. The van der Waals surface area contributed by atoms with Crippen LogP contribution in [-0.2, 0) is 0 Å². The number of hydrogen-bond donors (Lipinski definition) is 2. The van der Waals surface area contributed by atoms with Gasteiger partial charge >= 0.3 is 0 Å². The third-order valence-corrected chi connectivity index (χ3v) is 3.17. The zero-order chi connectivity index (χ0) is 13.7. The van der Waals surface area contributed by atoms with E-state index < -0.39 is 6.10 Å². The molecule has 4 heteroatoms. The third-order valence-electron chi connectivity index (χ3n) is 3.17. The van der Waals surface area contributed by atoms with Crippen molar-refractivity contribution in [2.24, 2.45) is 5.73 Å². The molecule has 3 N–H and O–H groups in total. The number of β-amino-alcohol motifs (C(OH)–C–C–N with tert-alkyl or cyclic N) is 1. The van der Waals surface area contributed by atoms with Gasteiger partial charge in [0.2, 0.25) is 0 Å². The Kier molecular flexibility index (Phi) is 4.56. The Hall–Kier alpha value is -1.83. The van der Waals surface area contributed by atoms with Crippen molar-refractivity contribution in [2.75, 3.05) is 19.6 Å². The molecule has 4 nitrogen and oxygen atoms in total. The Morgan fingerprint density at radius 3 is 3.00 bits per heavy atom. The molecule has 1 amide bonds.